The summed E-state index contributed by atoms with van der Waals surface area (Å²) >= 11 is 6.14. The second-order valence-corrected chi connectivity index (χ2v) is 5.24. The highest BCUT2D eigenvalue weighted by Crippen LogP contribution is 2.44. The first kappa shape index (κ1) is 10.6. The molecule has 16 heavy (non-hydrogen) atoms. The van der Waals surface area contributed by atoms with E-state index in [2.05, 4.69) is 10.00 Å². The summed E-state index contributed by atoms with van der Waals surface area (Å²) in [6.07, 6.45) is 4.60. The van der Waals surface area contributed by atoms with Gasteiger partial charge in [-0.05, 0) is 25.8 Å². The minimum Gasteiger partial charge on any atom is -0.382 e. The Bertz CT molecular complexity index is 400. The molecule has 2 aliphatic heterocycles. The van der Waals surface area contributed by atoms with Gasteiger partial charge in [0.15, 0.2) is 0 Å². The highest BCUT2D eigenvalue weighted by Gasteiger charge is 2.51. The summed E-state index contributed by atoms with van der Waals surface area (Å²) in [6.45, 7) is 2.06. The molecule has 2 saturated heterocycles. The molecular weight excluding hydrogens is 226 g/mol. The van der Waals surface area contributed by atoms with Crippen LogP contribution >= 0.6 is 11.6 Å². The molecule has 4 nitrogen and oxygen atoms in total. The molecule has 2 unspecified atom stereocenters. The van der Waals surface area contributed by atoms with Crippen LogP contribution in [0.4, 0.5) is 0 Å². The van der Waals surface area contributed by atoms with Crippen LogP contribution in [0.25, 0.3) is 0 Å². The molecule has 88 valence electrons. The Morgan fingerprint density at radius 1 is 1.56 bits per heavy atom. The molecular formula is C11H16ClN3O. The van der Waals surface area contributed by atoms with Gasteiger partial charge in [-0.25, -0.2) is 0 Å². The summed E-state index contributed by atoms with van der Waals surface area (Å²) < 4.78 is 1.71. The van der Waals surface area contributed by atoms with Crippen molar-refractivity contribution in [1.82, 2.24) is 14.7 Å². The summed E-state index contributed by atoms with van der Waals surface area (Å²) in [4.78, 5) is 2.36. The predicted octanol–water partition coefficient (Wildman–Crippen LogP) is 1.13. The maximum atomic E-state index is 10.9. The molecule has 0 spiro atoms. The lowest BCUT2D eigenvalue weighted by molar-refractivity contribution is 0.00212. The van der Waals surface area contributed by atoms with Crippen molar-refractivity contribution < 1.29 is 5.11 Å². The molecule has 1 aromatic heterocycles. The van der Waals surface area contributed by atoms with Gasteiger partial charge in [0.2, 0.25) is 0 Å². The molecule has 0 aliphatic carbocycles. The normalized spacial score (nSPS) is 34.6. The minimum absolute atomic E-state index is 0.223. The Morgan fingerprint density at radius 3 is 3.06 bits per heavy atom. The Balaban J connectivity index is 2.05. The summed E-state index contributed by atoms with van der Waals surface area (Å²) in [5.74, 6) is 0. The standard InChI is InChI=1S/C11H16ClN3O/c1-14-10(8(12)7-13-14)11(16)4-6-15-5-2-3-9(11)15/h7,9,16H,2-6H2,1H3. The first-order chi connectivity index (χ1) is 7.63. The van der Waals surface area contributed by atoms with Crippen LogP contribution in [-0.4, -0.2) is 38.9 Å². The second-order valence-electron chi connectivity index (χ2n) is 4.83. The van der Waals surface area contributed by atoms with E-state index in [1.165, 1.54) is 6.42 Å². The third-order valence-corrected chi connectivity index (χ3v) is 4.28. The first-order valence-corrected chi connectivity index (χ1v) is 6.15. The van der Waals surface area contributed by atoms with E-state index in [9.17, 15) is 5.11 Å². The van der Waals surface area contributed by atoms with Crippen LogP contribution < -0.4 is 0 Å². The third kappa shape index (κ3) is 1.27. The van der Waals surface area contributed by atoms with E-state index >= 15 is 0 Å². The number of hydrogen-bond acceptors (Lipinski definition) is 3. The van der Waals surface area contributed by atoms with Gasteiger partial charge >= 0.3 is 0 Å². The average molecular weight is 242 g/mol. The smallest absolute Gasteiger partial charge is 0.124 e. The zero-order valence-corrected chi connectivity index (χ0v) is 10.1. The van der Waals surface area contributed by atoms with Crippen LogP contribution in [0.2, 0.25) is 5.02 Å². The van der Waals surface area contributed by atoms with Crippen molar-refractivity contribution >= 4 is 11.6 Å². The quantitative estimate of drug-likeness (QED) is 0.802. The number of aryl methyl sites for hydroxylation is 1. The van der Waals surface area contributed by atoms with E-state index in [4.69, 9.17) is 11.6 Å². The number of rotatable bonds is 1. The maximum absolute atomic E-state index is 10.9. The number of nitrogens with zero attached hydrogens (tertiary/aromatic N) is 3. The van der Waals surface area contributed by atoms with Gasteiger partial charge in [-0.15, -0.1) is 0 Å². The van der Waals surface area contributed by atoms with Crippen molar-refractivity contribution in [2.24, 2.45) is 7.05 Å². The third-order valence-electron chi connectivity index (χ3n) is 4.00. The number of fused-ring (bicyclic) bond motifs is 1. The van der Waals surface area contributed by atoms with E-state index in [0.717, 1.165) is 31.6 Å². The largest absolute Gasteiger partial charge is 0.382 e. The fourth-order valence-electron chi connectivity index (χ4n) is 3.29. The van der Waals surface area contributed by atoms with Crippen LogP contribution in [0, 0.1) is 0 Å². The molecule has 0 radical (unpaired) electrons. The van der Waals surface area contributed by atoms with Crippen LogP contribution in [0.3, 0.4) is 0 Å². The van der Waals surface area contributed by atoms with Gasteiger partial charge in [-0.2, -0.15) is 5.10 Å². The lowest BCUT2D eigenvalue weighted by Gasteiger charge is -2.30. The lowest BCUT2D eigenvalue weighted by atomic mass is 9.89. The fraction of sp³-hybridized carbons (Fsp3) is 0.727. The molecule has 3 heterocycles. The fourth-order valence-corrected chi connectivity index (χ4v) is 3.62. The number of aromatic nitrogens is 2. The molecule has 2 aliphatic rings. The van der Waals surface area contributed by atoms with Gasteiger partial charge in [0.05, 0.1) is 16.9 Å². The van der Waals surface area contributed by atoms with E-state index in [0.29, 0.717) is 5.02 Å². The molecule has 3 rings (SSSR count). The van der Waals surface area contributed by atoms with E-state index in [1.807, 2.05) is 7.05 Å². The second kappa shape index (κ2) is 3.45. The van der Waals surface area contributed by atoms with Crippen molar-refractivity contribution in [2.45, 2.75) is 30.9 Å². The highest BCUT2D eigenvalue weighted by atomic mass is 35.5. The minimum atomic E-state index is -0.807. The average Bonchev–Trinajstić information content (AvgIpc) is 2.88. The molecule has 0 saturated carbocycles. The van der Waals surface area contributed by atoms with Crippen LogP contribution in [0.15, 0.2) is 6.20 Å². The summed E-state index contributed by atoms with van der Waals surface area (Å²) in [5.41, 5.74) is -0.0256. The Hall–Kier alpha value is -0.580. The van der Waals surface area contributed by atoms with Gasteiger partial charge in [0.25, 0.3) is 0 Å². The van der Waals surface area contributed by atoms with Crippen molar-refractivity contribution in [1.29, 1.82) is 0 Å². The molecule has 0 aromatic carbocycles. The van der Waals surface area contributed by atoms with Crippen molar-refractivity contribution in [3.63, 3.8) is 0 Å². The molecule has 0 amide bonds. The SMILES string of the molecule is Cn1ncc(Cl)c1C1(O)CCN2CCCC21. The Morgan fingerprint density at radius 2 is 2.38 bits per heavy atom. The van der Waals surface area contributed by atoms with Gasteiger partial charge in [-0.3, -0.25) is 9.58 Å². The number of halogens is 1. The van der Waals surface area contributed by atoms with Crippen LogP contribution in [-0.2, 0) is 12.6 Å². The van der Waals surface area contributed by atoms with E-state index in [1.54, 1.807) is 10.9 Å². The van der Waals surface area contributed by atoms with Crippen molar-refractivity contribution in [2.75, 3.05) is 13.1 Å². The number of hydrogen-bond donors (Lipinski definition) is 1. The van der Waals surface area contributed by atoms with Gasteiger partial charge in [-0.1, -0.05) is 11.6 Å². The molecule has 2 atom stereocenters. The topological polar surface area (TPSA) is 41.3 Å². The predicted molar refractivity (Wildman–Crippen MR) is 61.3 cm³/mol. The zero-order valence-electron chi connectivity index (χ0n) is 9.36. The maximum Gasteiger partial charge on any atom is 0.124 e. The molecule has 1 aromatic rings. The van der Waals surface area contributed by atoms with E-state index < -0.39 is 5.60 Å². The van der Waals surface area contributed by atoms with Crippen molar-refractivity contribution in [3.05, 3.63) is 16.9 Å². The summed E-state index contributed by atoms with van der Waals surface area (Å²) in [6, 6.07) is 0.223. The van der Waals surface area contributed by atoms with E-state index in [-0.39, 0.29) is 6.04 Å². The van der Waals surface area contributed by atoms with Crippen molar-refractivity contribution in [3.8, 4) is 0 Å². The lowest BCUT2D eigenvalue weighted by Crippen LogP contribution is -2.40. The summed E-state index contributed by atoms with van der Waals surface area (Å²) in [5, 5.41) is 15.6. The molecule has 2 fully saturated rings. The zero-order chi connectivity index (χ0) is 11.3. The number of aliphatic hydroxyl groups is 1. The highest BCUT2D eigenvalue weighted by molar-refractivity contribution is 6.31. The van der Waals surface area contributed by atoms with Gasteiger partial charge in [0, 0.05) is 19.6 Å². The first-order valence-electron chi connectivity index (χ1n) is 5.77. The Labute approximate surface area is 99.8 Å². The molecule has 1 N–H and O–H groups in total. The monoisotopic (exact) mass is 241 g/mol. The Kier molecular flexibility index (Phi) is 2.28. The van der Waals surface area contributed by atoms with Crippen LogP contribution in [0.1, 0.15) is 25.0 Å². The van der Waals surface area contributed by atoms with Gasteiger partial charge in [0.1, 0.15) is 5.60 Å². The summed E-state index contributed by atoms with van der Waals surface area (Å²) in [7, 11) is 1.84. The molecule has 0 bridgehead atoms. The van der Waals surface area contributed by atoms with Gasteiger partial charge < -0.3 is 5.11 Å². The van der Waals surface area contributed by atoms with Crippen LogP contribution in [0.5, 0.6) is 0 Å². The molecule has 5 heteroatoms.